The third-order valence-electron chi connectivity index (χ3n) is 3.34. The SMILES string of the molecule is CCCCCCCCCCCC12OP(=O)(O1)O2. The molecular weight excluding hydrogens is 239 g/mol. The average Bonchev–Trinajstić information content (AvgIpc) is 2.22. The molecular formula is C12H23O4P. The number of rotatable bonds is 10. The van der Waals surface area contributed by atoms with Gasteiger partial charge in [-0.05, 0) is 6.42 Å². The van der Waals surface area contributed by atoms with Crippen molar-refractivity contribution in [2.75, 3.05) is 0 Å². The quantitative estimate of drug-likeness (QED) is 0.421. The van der Waals surface area contributed by atoms with Crippen LogP contribution >= 0.6 is 7.82 Å². The van der Waals surface area contributed by atoms with Crippen LogP contribution in [0.2, 0.25) is 0 Å². The maximum Gasteiger partial charge on any atom is 0.488 e. The van der Waals surface area contributed by atoms with Crippen molar-refractivity contribution in [3.8, 4) is 0 Å². The van der Waals surface area contributed by atoms with E-state index in [4.69, 9.17) is 13.6 Å². The molecule has 3 saturated heterocycles. The molecule has 3 aliphatic rings. The molecule has 3 rings (SSSR count). The molecule has 0 saturated carbocycles. The van der Waals surface area contributed by atoms with Crippen molar-refractivity contribution in [3.05, 3.63) is 0 Å². The molecule has 3 aliphatic heterocycles. The lowest BCUT2D eigenvalue weighted by molar-refractivity contribution is -0.430. The van der Waals surface area contributed by atoms with E-state index in [1.54, 1.807) is 0 Å². The maximum atomic E-state index is 10.9. The van der Waals surface area contributed by atoms with Gasteiger partial charge in [-0.15, -0.1) is 0 Å². The van der Waals surface area contributed by atoms with Crippen molar-refractivity contribution in [2.24, 2.45) is 0 Å². The Kier molecular flexibility index (Phi) is 4.65. The summed E-state index contributed by atoms with van der Waals surface area (Å²) in [7, 11) is -2.97. The van der Waals surface area contributed by atoms with Crippen LogP contribution in [0.4, 0.5) is 0 Å². The van der Waals surface area contributed by atoms with Gasteiger partial charge in [0.2, 0.25) is 0 Å². The first-order valence-corrected chi connectivity index (χ1v) is 8.36. The Morgan fingerprint density at radius 1 is 0.824 bits per heavy atom. The highest BCUT2D eigenvalue weighted by Crippen LogP contribution is 2.81. The summed E-state index contributed by atoms with van der Waals surface area (Å²) in [5.41, 5.74) is 0. The van der Waals surface area contributed by atoms with Crippen molar-refractivity contribution in [2.45, 2.75) is 77.1 Å². The van der Waals surface area contributed by atoms with E-state index in [-0.39, 0.29) is 0 Å². The molecule has 0 radical (unpaired) electrons. The summed E-state index contributed by atoms with van der Waals surface area (Å²) in [6.45, 7) is 2.24. The van der Waals surface area contributed by atoms with Gasteiger partial charge in [-0.25, -0.2) is 18.1 Å². The van der Waals surface area contributed by atoms with Gasteiger partial charge in [-0.3, -0.25) is 0 Å². The van der Waals surface area contributed by atoms with Gasteiger partial charge in [0.15, 0.2) is 0 Å². The van der Waals surface area contributed by atoms with Gasteiger partial charge in [0.25, 0.3) is 0 Å². The molecule has 0 atom stereocenters. The van der Waals surface area contributed by atoms with Crippen LogP contribution in [-0.2, 0) is 18.1 Å². The van der Waals surface area contributed by atoms with Crippen molar-refractivity contribution in [1.29, 1.82) is 0 Å². The zero-order chi connectivity index (χ0) is 12.2. The molecule has 0 aliphatic carbocycles. The molecule has 0 aromatic heterocycles. The Balaban J connectivity index is 1.34. The number of hydrogen-bond donors (Lipinski definition) is 0. The lowest BCUT2D eigenvalue weighted by Crippen LogP contribution is -2.56. The summed E-state index contributed by atoms with van der Waals surface area (Å²) in [6.07, 6.45) is 12.3. The molecule has 100 valence electrons. The van der Waals surface area contributed by atoms with E-state index in [2.05, 4.69) is 6.92 Å². The van der Waals surface area contributed by atoms with Crippen molar-refractivity contribution in [3.63, 3.8) is 0 Å². The van der Waals surface area contributed by atoms with Crippen molar-refractivity contribution < 1.29 is 18.1 Å². The minimum atomic E-state index is -2.97. The zero-order valence-corrected chi connectivity index (χ0v) is 11.5. The van der Waals surface area contributed by atoms with Crippen LogP contribution in [0.25, 0.3) is 0 Å². The highest BCUT2D eigenvalue weighted by molar-refractivity contribution is 7.51. The van der Waals surface area contributed by atoms with E-state index in [1.807, 2.05) is 0 Å². The van der Waals surface area contributed by atoms with Crippen LogP contribution in [0.3, 0.4) is 0 Å². The Bertz CT molecular complexity index is 266. The molecule has 3 fully saturated rings. The van der Waals surface area contributed by atoms with Gasteiger partial charge in [-0.1, -0.05) is 58.3 Å². The monoisotopic (exact) mass is 262 g/mol. The third-order valence-corrected chi connectivity index (χ3v) is 4.84. The van der Waals surface area contributed by atoms with Gasteiger partial charge >= 0.3 is 13.8 Å². The van der Waals surface area contributed by atoms with Gasteiger partial charge < -0.3 is 0 Å². The fraction of sp³-hybridized carbons (Fsp3) is 1.00. The molecule has 0 amide bonds. The summed E-state index contributed by atoms with van der Waals surface area (Å²) in [5, 5.41) is 0. The van der Waals surface area contributed by atoms with Crippen LogP contribution in [0.15, 0.2) is 0 Å². The maximum absolute atomic E-state index is 10.9. The average molecular weight is 262 g/mol. The Morgan fingerprint density at radius 2 is 1.29 bits per heavy atom. The number of phosphoric ester groups is 1. The van der Waals surface area contributed by atoms with Crippen LogP contribution in [0.5, 0.6) is 0 Å². The predicted molar refractivity (Wildman–Crippen MR) is 65.4 cm³/mol. The predicted octanol–water partition coefficient (Wildman–Crippen LogP) is 4.75. The van der Waals surface area contributed by atoms with E-state index in [1.165, 1.54) is 51.4 Å². The molecule has 0 aromatic rings. The topological polar surface area (TPSA) is 44.8 Å². The minimum absolute atomic E-state index is 0.715. The molecule has 0 aromatic carbocycles. The number of phosphoric acid groups is 1. The molecule has 17 heavy (non-hydrogen) atoms. The largest absolute Gasteiger partial charge is 0.488 e. The highest BCUT2D eigenvalue weighted by Gasteiger charge is 2.74. The van der Waals surface area contributed by atoms with Gasteiger partial charge in [-0.2, -0.15) is 0 Å². The summed E-state index contributed by atoms with van der Waals surface area (Å²) in [5.74, 6) is -0.892. The minimum Gasteiger partial charge on any atom is -0.227 e. The lowest BCUT2D eigenvalue weighted by Gasteiger charge is -2.55. The van der Waals surface area contributed by atoms with Crippen LogP contribution < -0.4 is 0 Å². The number of unbranched alkanes of at least 4 members (excludes halogenated alkanes) is 8. The molecule has 0 spiro atoms. The second-order valence-corrected chi connectivity index (χ2v) is 6.42. The van der Waals surface area contributed by atoms with Crippen LogP contribution in [-0.4, -0.2) is 5.97 Å². The smallest absolute Gasteiger partial charge is 0.227 e. The summed E-state index contributed by atoms with van der Waals surface area (Å²) in [4.78, 5) is 0. The first-order chi connectivity index (χ1) is 8.18. The van der Waals surface area contributed by atoms with E-state index in [0.29, 0.717) is 6.42 Å². The molecule has 0 unspecified atom stereocenters. The molecule has 5 heteroatoms. The van der Waals surface area contributed by atoms with E-state index in [9.17, 15) is 4.57 Å². The summed E-state index contributed by atoms with van der Waals surface area (Å²) in [6, 6.07) is 0. The molecule has 3 heterocycles. The zero-order valence-electron chi connectivity index (χ0n) is 10.7. The molecule has 0 N–H and O–H groups in total. The standard InChI is InChI=1S/C12H23O4P/c1-2-3-4-5-6-7-8-9-10-11-12-14-17(13,15-12)16-12/h2-11H2,1H3. The van der Waals surface area contributed by atoms with Crippen molar-refractivity contribution in [1.82, 2.24) is 0 Å². The summed E-state index contributed by atoms with van der Waals surface area (Å²) >= 11 is 0. The fourth-order valence-corrected chi connectivity index (χ4v) is 3.66. The summed E-state index contributed by atoms with van der Waals surface area (Å²) < 4.78 is 25.9. The lowest BCUT2D eigenvalue weighted by atomic mass is 10.1. The second-order valence-electron chi connectivity index (χ2n) is 4.98. The normalized spacial score (nSPS) is 34.2. The van der Waals surface area contributed by atoms with Crippen molar-refractivity contribution >= 4 is 7.82 Å². The van der Waals surface area contributed by atoms with Gasteiger partial charge in [0, 0.05) is 6.42 Å². The third kappa shape index (κ3) is 3.54. The molecule has 2 bridgehead atoms. The Labute approximate surface area is 104 Å². The van der Waals surface area contributed by atoms with E-state index in [0.717, 1.165) is 6.42 Å². The van der Waals surface area contributed by atoms with Crippen LogP contribution in [0.1, 0.15) is 71.1 Å². The first kappa shape index (κ1) is 13.5. The Hall–Kier alpha value is 0.110. The van der Waals surface area contributed by atoms with Crippen LogP contribution in [0, 0.1) is 0 Å². The second kappa shape index (κ2) is 5.83. The Morgan fingerprint density at radius 3 is 1.76 bits per heavy atom. The van der Waals surface area contributed by atoms with Gasteiger partial charge in [0.1, 0.15) is 0 Å². The number of hydrogen-bond acceptors (Lipinski definition) is 4. The van der Waals surface area contributed by atoms with E-state index < -0.39 is 13.8 Å². The molecule has 4 nitrogen and oxygen atoms in total. The highest BCUT2D eigenvalue weighted by atomic mass is 31.2. The van der Waals surface area contributed by atoms with E-state index >= 15 is 0 Å². The van der Waals surface area contributed by atoms with Gasteiger partial charge in [0.05, 0.1) is 0 Å². The first-order valence-electron chi connectivity index (χ1n) is 6.90. The fourth-order valence-electron chi connectivity index (χ4n) is 2.32.